The van der Waals surface area contributed by atoms with Gasteiger partial charge in [-0.1, -0.05) is 0 Å². The quantitative estimate of drug-likeness (QED) is 0.669. The molecule has 104 valence electrons. The molecule has 1 saturated heterocycles. The molecule has 1 fully saturated rings. The van der Waals surface area contributed by atoms with E-state index in [4.69, 9.17) is 9.15 Å². The molecule has 20 heavy (non-hydrogen) atoms. The molecule has 3 rings (SSSR count). The van der Waals surface area contributed by atoms with E-state index in [9.17, 15) is 0 Å². The van der Waals surface area contributed by atoms with Gasteiger partial charge in [-0.15, -0.1) is 0 Å². The highest BCUT2D eigenvalue weighted by atomic mass is 16.5. The van der Waals surface area contributed by atoms with E-state index in [2.05, 4.69) is 25.4 Å². The molecule has 2 aromatic heterocycles. The van der Waals surface area contributed by atoms with E-state index in [1.807, 2.05) is 18.2 Å². The standard InChI is InChI=1S/C13H15N5O2/c1-2-11(20-5-1)9-16-17-12-8-13(15-10-14-12)18-3-6-19-7-4-18/h1-2,5,8-10H,3-4,6-7H2,(H,14,15,17)/b16-9-. The lowest BCUT2D eigenvalue weighted by Crippen LogP contribution is -2.36. The summed E-state index contributed by atoms with van der Waals surface area (Å²) in [4.78, 5) is 10.6. The smallest absolute Gasteiger partial charge is 0.151 e. The van der Waals surface area contributed by atoms with Gasteiger partial charge in [0.1, 0.15) is 17.9 Å². The summed E-state index contributed by atoms with van der Waals surface area (Å²) in [5.74, 6) is 2.20. The van der Waals surface area contributed by atoms with Crippen molar-refractivity contribution >= 4 is 17.9 Å². The topological polar surface area (TPSA) is 75.8 Å². The molecule has 7 heteroatoms. The van der Waals surface area contributed by atoms with E-state index < -0.39 is 0 Å². The number of morpholine rings is 1. The van der Waals surface area contributed by atoms with Gasteiger partial charge in [0.05, 0.1) is 25.7 Å². The molecule has 0 saturated carbocycles. The highest BCUT2D eigenvalue weighted by Crippen LogP contribution is 2.15. The van der Waals surface area contributed by atoms with Crippen LogP contribution >= 0.6 is 0 Å². The Bertz CT molecular complexity index is 564. The van der Waals surface area contributed by atoms with Crippen molar-refractivity contribution in [3.63, 3.8) is 0 Å². The van der Waals surface area contributed by atoms with E-state index in [0.29, 0.717) is 11.6 Å². The number of rotatable bonds is 4. The average molecular weight is 273 g/mol. The molecule has 0 aromatic carbocycles. The number of ether oxygens (including phenoxy) is 1. The van der Waals surface area contributed by atoms with Gasteiger partial charge >= 0.3 is 0 Å². The number of hydrazone groups is 1. The molecule has 0 aliphatic carbocycles. The van der Waals surface area contributed by atoms with Crippen LogP contribution in [-0.4, -0.2) is 42.5 Å². The first kappa shape index (κ1) is 12.6. The Morgan fingerprint density at radius 3 is 3.00 bits per heavy atom. The summed E-state index contributed by atoms with van der Waals surface area (Å²) < 4.78 is 10.5. The Morgan fingerprint density at radius 1 is 1.30 bits per heavy atom. The fourth-order valence-electron chi connectivity index (χ4n) is 1.90. The van der Waals surface area contributed by atoms with Crippen molar-refractivity contribution in [3.8, 4) is 0 Å². The number of nitrogens with zero attached hydrogens (tertiary/aromatic N) is 4. The fraction of sp³-hybridized carbons (Fsp3) is 0.308. The lowest BCUT2D eigenvalue weighted by molar-refractivity contribution is 0.122. The number of hydrogen-bond acceptors (Lipinski definition) is 7. The minimum atomic E-state index is 0.643. The van der Waals surface area contributed by atoms with Crippen molar-refractivity contribution < 1.29 is 9.15 Å². The van der Waals surface area contributed by atoms with Gasteiger partial charge in [-0.25, -0.2) is 9.97 Å². The summed E-state index contributed by atoms with van der Waals surface area (Å²) >= 11 is 0. The van der Waals surface area contributed by atoms with Gasteiger partial charge in [0.2, 0.25) is 0 Å². The van der Waals surface area contributed by atoms with Crippen LogP contribution in [-0.2, 0) is 4.74 Å². The Labute approximate surface area is 116 Å². The lowest BCUT2D eigenvalue weighted by Gasteiger charge is -2.27. The molecule has 0 unspecified atom stereocenters. The molecule has 1 aliphatic heterocycles. The second-order valence-electron chi connectivity index (χ2n) is 4.25. The molecule has 0 spiro atoms. The first-order chi connectivity index (χ1) is 9.92. The third-order valence-corrected chi connectivity index (χ3v) is 2.90. The van der Waals surface area contributed by atoms with Gasteiger partial charge in [0, 0.05) is 19.2 Å². The molecule has 3 heterocycles. The van der Waals surface area contributed by atoms with Crippen LogP contribution in [0.15, 0.2) is 40.3 Å². The normalized spacial score (nSPS) is 15.7. The van der Waals surface area contributed by atoms with Crippen LogP contribution in [0, 0.1) is 0 Å². The Kier molecular flexibility index (Phi) is 3.88. The fourth-order valence-corrected chi connectivity index (χ4v) is 1.90. The van der Waals surface area contributed by atoms with Crippen molar-refractivity contribution in [2.75, 3.05) is 36.6 Å². The Hall–Kier alpha value is -2.41. The zero-order valence-corrected chi connectivity index (χ0v) is 10.9. The summed E-state index contributed by atoms with van der Waals surface area (Å²) in [5, 5.41) is 4.07. The lowest BCUT2D eigenvalue weighted by atomic mass is 10.4. The van der Waals surface area contributed by atoms with Crippen LogP contribution in [0.4, 0.5) is 11.6 Å². The summed E-state index contributed by atoms with van der Waals surface area (Å²) in [6.07, 6.45) is 4.72. The largest absolute Gasteiger partial charge is 0.463 e. The van der Waals surface area contributed by atoms with Gasteiger partial charge in [-0.3, -0.25) is 5.43 Å². The van der Waals surface area contributed by atoms with E-state index in [1.165, 1.54) is 6.33 Å². The summed E-state index contributed by atoms with van der Waals surface area (Å²) in [7, 11) is 0. The maximum absolute atomic E-state index is 5.32. The van der Waals surface area contributed by atoms with Crippen LogP contribution in [0.25, 0.3) is 0 Å². The molecule has 7 nitrogen and oxygen atoms in total. The number of furan rings is 1. The highest BCUT2D eigenvalue weighted by Gasteiger charge is 2.12. The van der Waals surface area contributed by atoms with Crippen molar-refractivity contribution in [2.45, 2.75) is 0 Å². The van der Waals surface area contributed by atoms with Crippen LogP contribution < -0.4 is 10.3 Å². The molecule has 0 atom stereocenters. The number of anilines is 2. The second-order valence-corrected chi connectivity index (χ2v) is 4.25. The van der Waals surface area contributed by atoms with E-state index in [-0.39, 0.29) is 0 Å². The van der Waals surface area contributed by atoms with Gasteiger partial charge in [0.15, 0.2) is 5.82 Å². The maximum atomic E-state index is 5.32. The maximum Gasteiger partial charge on any atom is 0.151 e. The van der Waals surface area contributed by atoms with E-state index in [1.54, 1.807) is 12.5 Å². The van der Waals surface area contributed by atoms with Gasteiger partial charge in [-0.05, 0) is 12.1 Å². The zero-order valence-electron chi connectivity index (χ0n) is 10.9. The van der Waals surface area contributed by atoms with Crippen molar-refractivity contribution in [1.82, 2.24) is 9.97 Å². The third-order valence-electron chi connectivity index (χ3n) is 2.90. The molecule has 0 amide bonds. The zero-order chi connectivity index (χ0) is 13.6. The van der Waals surface area contributed by atoms with E-state index >= 15 is 0 Å². The van der Waals surface area contributed by atoms with Gasteiger partial charge < -0.3 is 14.1 Å². The first-order valence-electron chi connectivity index (χ1n) is 6.39. The van der Waals surface area contributed by atoms with E-state index in [0.717, 1.165) is 32.1 Å². The Morgan fingerprint density at radius 2 is 2.20 bits per heavy atom. The Balaban J connectivity index is 1.64. The van der Waals surface area contributed by atoms with Crippen LogP contribution in [0.5, 0.6) is 0 Å². The predicted octanol–water partition coefficient (Wildman–Crippen LogP) is 1.35. The summed E-state index contributed by atoms with van der Waals surface area (Å²) in [5.41, 5.74) is 2.86. The molecule has 1 aliphatic rings. The minimum Gasteiger partial charge on any atom is -0.463 e. The molecule has 0 bridgehead atoms. The number of hydrogen-bond donors (Lipinski definition) is 1. The van der Waals surface area contributed by atoms with Crippen molar-refractivity contribution in [2.24, 2.45) is 5.10 Å². The van der Waals surface area contributed by atoms with Crippen LogP contribution in [0.2, 0.25) is 0 Å². The minimum absolute atomic E-state index is 0.643. The molecule has 0 radical (unpaired) electrons. The molecule has 2 aromatic rings. The SMILES string of the molecule is C(=N/Nc1cc(N2CCOCC2)ncn1)/c1ccco1. The number of nitrogens with one attached hydrogen (secondary N) is 1. The third kappa shape index (κ3) is 3.12. The molecule has 1 N–H and O–H groups in total. The highest BCUT2D eigenvalue weighted by molar-refractivity contribution is 5.76. The first-order valence-corrected chi connectivity index (χ1v) is 6.39. The number of aromatic nitrogens is 2. The average Bonchev–Trinajstić information content (AvgIpc) is 3.02. The summed E-state index contributed by atoms with van der Waals surface area (Å²) in [6.45, 7) is 3.13. The van der Waals surface area contributed by atoms with Crippen LogP contribution in [0.3, 0.4) is 0 Å². The molecular formula is C13H15N5O2. The van der Waals surface area contributed by atoms with Gasteiger partial charge in [0.25, 0.3) is 0 Å². The van der Waals surface area contributed by atoms with Crippen LogP contribution in [0.1, 0.15) is 5.76 Å². The molecular weight excluding hydrogens is 258 g/mol. The van der Waals surface area contributed by atoms with Crippen molar-refractivity contribution in [1.29, 1.82) is 0 Å². The summed E-state index contributed by atoms with van der Waals surface area (Å²) in [6, 6.07) is 5.50. The predicted molar refractivity (Wildman–Crippen MR) is 75.0 cm³/mol. The monoisotopic (exact) mass is 273 g/mol. The second kappa shape index (κ2) is 6.16. The van der Waals surface area contributed by atoms with Gasteiger partial charge in [-0.2, -0.15) is 5.10 Å². The van der Waals surface area contributed by atoms with Crippen molar-refractivity contribution in [3.05, 3.63) is 36.5 Å².